The molecule has 1 aliphatic rings. The average Bonchev–Trinajstić information content (AvgIpc) is 2.94. The molecular formula is C21H15F2N2OP. The van der Waals surface area contributed by atoms with Gasteiger partial charge in [-0.2, -0.15) is 8.78 Å². The molecule has 0 radical (unpaired) electrons. The topological polar surface area (TPSA) is 32.7 Å². The highest BCUT2D eigenvalue weighted by molar-refractivity contribution is 7.17. The molecule has 0 saturated carbocycles. The smallest absolute Gasteiger partial charge is 0.275 e. The molecule has 1 amide bonds. The first kappa shape index (κ1) is 17.5. The third-order valence-electron chi connectivity index (χ3n) is 4.29. The number of hydrogen-bond acceptors (Lipinski definition) is 2. The molecule has 27 heavy (non-hydrogen) atoms. The molecule has 0 saturated heterocycles. The summed E-state index contributed by atoms with van der Waals surface area (Å²) in [5.74, 6) is -0.287. The normalized spacial score (nSPS) is 15.3. The minimum Gasteiger partial charge on any atom is -0.275 e. The highest BCUT2D eigenvalue weighted by Crippen LogP contribution is 2.38. The molecule has 0 spiro atoms. The van der Waals surface area contributed by atoms with Crippen molar-refractivity contribution in [2.24, 2.45) is 4.99 Å². The zero-order chi connectivity index (χ0) is 19.0. The summed E-state index contributed by atoms with van der Waals surface area (Å²) in [6, 6.07) is 22.3. The Bertz CT molecular complexity index is 1050. The largest absolute Gasteiger partial charge is 0.283 e. The maximum absolute atomic E-state index is 13.6. The fourth-order valence-electron chi connectivity index (χ4n) is 3.05. The van der Waals surface area contributed by atoms with Crippen molar-refractivity contribution >= 4 is 37.9 Å². The van der Waals surface area contributed by atoms with Crippen molar-refractivity contribution in [1.82, 2.24) is 0 Å². The van der Waals surface area contributed by atoms with Gasteiger partial charge in [-0.15, -0.1) is 0 Å². The Labute approximate surface area is 157 Å². The van der Waals surface area contributed by atoms with Crippen LogP contribution < -0.4 is 4.90 Å². The number of aliphatic imine (C=N–C) groups is 1. The van der Waals surface area contributed by atoms with E-state index in [0.717, 1.165) is 11.4 Å². The van der Waals surface area contributed by atoms with Crippen molar-refractivity contribution in [3.63, 3.8) is 0 Å². The Morgan fingerprint density at radius 2 is 1.59 bits per heavy atom. The van der Waals surface area contributed by atoms with E-state index in [9.17, 15) is 13.6 Å². The van der Waals surface area contributed by atoms with Gasteiger partial charge in [0.15, 0.2) is 0 Å². The monoisotopic (exact) mass is 380 g/mol. The third-order valence-corrected chi connectivity index (χ3v) is 4.63. The number of hydrogen-bond donors (Lipinski definition) is 0. The fraction of sp³-hybridized carbons (Fsp3) is 0.0476. The quantitative estimate of drug-likeness (QED) is 0.559. The summed E-state index contributed by atoms with van der Waals surface area (Å²) in [5.41, 5.74) is -0.557. The molecule has 1 atom stereocenters. The van der Waals surface area contributed by atoms with Gasteiger partial charge >= 0.3 is 0 Å². The highest BCUT2D eigenvalue weighted by Gasteiger charge is 2.34. The molecular weight excluding hydrogens is 365 g/mol. The number of carbonyl (C=O) groups excluding carboxylic acids is 1. The lowest BCUT2D eigenvalue weighted by atomic mass is 10.1. The standard InChI is InChI=1S/C21H15F2N2OP/c22-21(23,27)14-7-6-8-15(13-14)24-19-17-11-4-5-12-18(17)25(20(19)26)16-9-2-1-3-10-16/h1-13H,27H2. The molecule has 134 valence electrons. The van der Waals surface area contributed by atoms with Crippen LogP contribution in [0.1, 0.15) is 11.1 Å². The number of carbonyl (C=O) groups is 1. The average molecular weight is 380 g/mol. The second-order valence-corrected chi connectivity index (χ2v) is 6.85. The molecule has 0 aromatic heterocycles. The lowest BCUT2D eigenvalue weighted by molar-refractivity contribution is -0.111. The number of rotatable bonds is 3. The van der Waals surface area contributed by atoms with Gasteiger partial charge in [-0.1, -0.05) is 57.8 Å². The van der Waals surface area contributed by atoms with Gasteiger partial charge in [0.2, 0.25) is 0 Å². The molecule has 6 heteroatoms. The first-order chi connectivity index (χ1) is 12.9. The van der Waals surface area contributed by atoms with E-state index in [1.807, 2.05) is 54.6 Å². The molecule has 4 rings (SSSR count). The van der Waals surface area contributed by atoms with Crippen LogP contribution >= 0.6 is 9.24 Å². The van der Waals surface area contributed by atoms with E-state index in [4.69, 9.17) is 0 Å². The van der Waals surface area contributed by atoms with Crippen LogP contribution in [0.15, 0.2) is 83.9 Å². The van der Waals surface area contributed by atoms with Gasteiger partial charge in [0.05, 0.1) is 11.4 Å². The van der Waals surface area contributed by atoms with Crippen LogP contribution in [0.25, 0.3) is 0 Å². The fourth-order valence-corrected chi connectivity index (χ4v) is 3.23. The molecule has 0 aliphatic carbocycles. The summed E-state index contributed by atoms with van der Waals surface area (Å²) < 4.78 is 27.2. The molecule has 1 aliphatic heterocycles. The number of para-hydroxylation sites is 2. The predicted molar refractivity (Wildman–Crippen MR) is 106 cm³/mol. The van der Waals surface area contributed by atoms with E-state index in [0.29, 0.717) is 11.3 Å². The lowest BCUT2D eigenvalue weighted by Crippen LogP contribution is -2.25. The Morgan fingerprint density at radius 3 is 2.33 bits per heavy atom. The number of amides is 1. The van der Waals surface area contributed by atoms with E-state index in [2.05, 4.69) is 4.99 Å². The molecule has 3 aromatic rings. The zero-order valence-corrected chi connectivity index (χ0v) is 15.3. The summed E-state index contributed by atoms with van der Waals surface area (Å²) in [6.45, 7) is 0. The second kappa shape index (κ2) is 6.67. The Hall–Kier alpha value is -2.91. The van der Waals surface area contributed by atoms with Crippen LogP contribution in [-0.2, 0) is 10.5 Å². The van der Waals surface area contributed by atoms with Crippen LogP contribution in [0, 0.1) is 0 Å². The highest BCUT2D eigenvalue weighted by atomic mass is 31.0. The minimum atomic E-state index is -3.05. The van der Waals surface area contributed by atoms with Gasteiger partial charge in [0, 0.05) is 16.8 Å². The van der Waals surface area contributed by atoms with E-state index in [1.54, 1.807) is 11.0 Å². The zero-order valence-electron chi connectivity index (χ0n) is 14.1. The summed E-state index contributed by atoms with van der Waals surface area (Å²) in [5, 5.41) is 0. The van der Waals surface area contributed by atoms with Crippen molar-refractivity contribution in [2.45, 2.75) is 5.66 Å². The van der Waals surface area contributed by atoms with Crippen LogP contribution in [0.2, 0.25) is 0 Å². The molecule has 1 unspecified atom stereocenters. The molecule has 0 fully saturated rings. The molecule has 1 heterocycles. The number of alkyl halides is 2. The van der Waals surface area contributed by atoms with Gasteiger partial charge < -0.3 is 0 Å². The van der Waals surface area contributed by atoms with E-state index in [-0.39, 0.29) is 17.2 Å². The van der Waals surface area contributed by atoms with Gasteiger partial charge in [0.1, 0.15) is 5.71 Å². The SMILES string of the molecule is O=C1C(=Nc2cccc(C(F)(F)P)c2)c2ccccc2N1c1ccccc1. The second-order valence-electron chi connectivity index (χ2n) is 6.13. The van der Waals surface area contributed by atoms with Crippen LogP contribution in [-0.4, -0.2) is 11.6 Å². The summed E-state index contributed by atoms with van der Waals surface area (Å²) >= 11 is 0. The maximum Gasteiger partial charge on any atom is 0.283 e. The lowest BCUT2D eigenvalue weighted by Gasteiger charge is -2.16. The van der Waals surface area contributed by atoms with E-state index in [1.165, 1.54) is 27.4 Å². The number of fused-ring (bicyclic) bond motifs is 1. The molecule has 3 aromatic carbocycles. The van der Waals surface area contributed by atoms with Gasteiger partial charge in [-0.05, 0) is 30.3 Å². The van der Waals surface area contributed by atoms with Crippen LogP contribution in [0.3, 0.4) is 0 Å². The minimum absolute atomic E-state index is 0.173. The number of nitrogens with zero attached hydrogens (tertiary/aromatic N) is 2. The van der Waals surface area contributed by atoms with Crippen molar-refractivity contribution < 1.29 is 13.6 Å². The Kier molecular flexibility index (Phi) is 4.33. The summed E-state index contributed by atoms with van der Waals surface area (Å²) in [4.78, 5) is 19.1. The number of anilines is 2. The number of halogens is 2. The summed E-state index contributed by atoms with van der Waals surface area (Å²) in [6.07, 6.45) is 0. The van der Waals surface area contributed by atoms with E-state index >= 15 is 0 Å². The number of benzene rings is 3. The third kappa shape index (κ3) is 3.26. The van der Waals surface area contributed by atoms with Gasteiger partial charge in [-0.3, -0.25) is 9.69 Å². The van der Waals surface area contributed by atoms with E-state index < -0.39 is 5.66 Å². The van der Waals surface area contributed by atoms with Crippen LogP contribution in [0.4, 0.5) is 25.8 Å². The molecule has 0 bridgehead atoms. The molecule has 0 N–H and O–H groups in total. The predicted octanol–water partition coefficient (Wildman–Crippen LogP) is 5.41. The van der Waals surface area contributed by atoms with Crippen molar-refractivity contribution in [1.29, 1.82) is 0 Å². The first-order valence-electron chi connectivity index (χ1n) is 8.30. The van der Waals surface area contributed by atoms with Crippen LogP contribution in [0.5, 0.6) is 0 Å². The maximum atomic E-state index is 13.6. The first-order valence-corrected chi connectivity index (χ1v) is 8.88. The van der Waals surface area contributed by atoms with Crippen molar-refractivity contribution in [3.8, 4) is 0 Å². The van der Waals surface area contributed by atoms with Crippen molar-refractivity contribution in [3.05, 3.63) is 90.0 Å². The Morgan fingerprint density at radius 1 is 0.889 bits per heavy atom. The molecule has 3 nitrogen and oxygen atoms in total. The van der Waals surface area contributed by atoms with Crippen molar-refractivity contribution in [2.75, 3.05) is 4.90 Å². The summed E-state index contributed by atoms with van der Waals surface area (Å²) in [7, 11) is 1.51. The van der Waals surface area contributed by atoms with Gasteiger partial charge in [0.25, 0.3) is 11.6 Å². The van der Waals surface area contributed by atoms with Gasteiger partial charge in [-0.25, -0.2) is 4.99 Å². The Balaban J connectivity index is 1.83.